The van der Waals surface area contributed by atoms with Gasteiger partial charge < -0.3 is 20.4 Å². The fraction of sp³-hybridized carbons (Fsp3) is 0.364. The van der Waals surface area contributed by atoms with Crippen LogP contribution in [0.5, 0.6) is 0 Å². The predicted molar refractivity (Wildman–Crippen MR) is 119 cm³/mol. The minimum Gasteiger partial charge on any atom is -0.482 e. The molecule has 1 amide bonds. The van der Waals surface area contributed by atoms with E-state index in [1.807, 2.05) is 44.2 Å². The Kier molecular flexibility index (Phi) is 5.50. The second-order valence-electron chi connectivity index (χ2n) is 8.38. The number of fused-ring (bicyclic) bond motifs is 1. The van der Waals surface area contributed by atoms with Crippen molar-refractivity contribution in [3.8, 4) is 0 Å². The molecule has 9 nitrogen and oxygen atoms in total. The number of benzene rings is 1. The van der Waals surface area contributed by atoms with Crippen LogP contribution in [-0.4, -0.2) is 42.9 Å². The summed E-state index contributed by atoms with van der Waals surface area (Å²) in [7, 11) is 0. The van der Waals surface area contributed by atoms with Crippen LogP contribution < -0.4 is 10.6 Å². The van der Waals surface area contributed by atoms with Crippen LogP contribution >= 0.6 is 0 Å². The number of carbonyl (C=O) groups excluding carboxylic acids is 1. The number of nitrogens with one attached hydrogen (secondary N) is 4. The number of hydrogen-bond acceptors (Lipinski definition) is 6. The number of nitrogens with zero attached hydrogens (tertiary/aromatic N) is 3. The minimum atomic E-state index is -0.930. The van der Waals surface area contributed by atoms with E-state index in [1.54, 1.807) is 20.0 Å². The highest BCUT2D eigenvalue weighted by atomic mass is 16.5. The van der Waals surface area contributed by atoms with Crippen LogP contribution in [0.3, 0.4) is 0 Å². The molecular weight excluding hydrogens is 394 g/mol. The zero-order valence-electron chi connectivity index (χ0n) is 18.1. The first-order chi connectivity index (χ1) is 14.8. The molecule has 0 saturated carbocycles. The van der Waals surface area contributed by atoms with E-state index in [0.29, 0.717) is 18.2 Å². The molecule has 0 bridgehead atoms. The number of allylic oxidation sites excluding steroid dienone is 4. The zero-order chi connectivity index (χ0) is 22.0. The highest BCUT2D eigenvalue weighted by molar-refractivity contribution is 5.84. The molecule has 1 aliphatic rings. The average Bonchev–Trinajstić information content (AvgIpc) is 3.37. The Hall–Kier alpha value is -3.62. The molecule has 9 heteroatoms. The standard InChI is InChI=1S/C22H27N7O2/c1-13(2)24-20(30)22(3,4)31-17-8-5-14(6-9-17)19-26-21(29-28-19)25-16-7-10-18-15(11-16)12-23-27-18/h5,7-8,10-13H,6,9H2,1-4H3,(H,23,27)(H,24,30)(H2,25,26,28,29). The third-order valence-electron chi connectivity index (χ3n) is 4.96. The van der Waals surface area contributed by atoms with Gasteiger partial charge in [0, 0.05) is 23.5 Å². The molecule has 0 unspecified atom stereocenters. The molecule has 0 saturated heterocycles. The highest BCUT2D eigenvalue weighted by Gasteiger charge is 2.31. The summed E-state index contributed by atoms with van der Waals surface area (Å²) in [6.45, 7) is 7.42. The van der Waals surface area contributed by atoms with Gasteiger partial charge in [-0.25, -0.2) is 0 Å². The maximum absolute atomic E-state index is 12.3. The highest BCUT2D eigenvalue weighted by Crippen LogP contribution is 2.29. The van der Waals surface area contributed by atoms with Crippen molar-refractivity contribution in [3.05, 3.63) is 48.1 Å². The van der Waals surface area contributed by atoms with Crippen LogP contribution in [0.4, 0.5) is 11.6 Å². The van der Waals surface area contributed by atoms with Crippen molar-refractivity contribution in [1.29, 1.82) is 0 Å². The van der Waals surface area contributed by atoms with E-state index in [-0.39, 0.29) is 11.9 Å². The molecule has 1 aliphatic carbocycles. The predicted octanol–water partition coefficient (Wildman–Crippen LogP) is 3.81. The van der Waals surface area contributed by atoms with E-state index in [1.165, 1.54) is 0 Å². The zero-order valence-corrected chi connectivity index (χ0v) is 18.1. The number of aromatic nitrogens is 5. The van der Waals surface area contributed by atoms with Crippen LogP contribution in [0.15, 0.2) is 42.3 Å². The molecule has 2 heterocycles. The summed E-state index contributed by atoms with van der Waals surface area (Å²) in [6.07, 6.45) is 7.05. The van der Waals surface area contributed by atoms with Gasteiger partial charge in [-0.2, -0.15) is 5.10 Å². The maximum Gasteiger partial charge on any atom is 0.263 e. The van der Waals surface area contributed by atoms with E-state index < -0.39 is 5.60 Å². The van der Waals surface area contributed by atoms with Crippen LogP contribution in [-0.2, 0) is 9.53 Å². The number of rotatable bonds is 7. The van der Waals surface area contributed by atoms with E-state index in [0.717, 1.165) is 34.3 Å². The topological polar surface area (TPSA) is 121 Å². The summed E-state index contributed by atoms with van der Waals surface area (Å²) in [5.74, 6) is 1.92. The Balaban J connectivity index is 1.41. The maximum atomic E-state index is 12.3. The van der Waals surface area contributed by atoms with Crippen molar-refractivity contribution >= 4 is 34.0 Å². The normalized spacial score (nSPS) is 14.4. The smallest absolute Gasteiger partial charge is 0.263 e. The van der Waals surface area contributed by atoms with E-state index in [9.17, 15) is 4.79 Å². The minimum absolute atomic E-state index is 0.0677. The number of anilines is 2. The fourth-order valence-corrected chi connectivity index (χ4v) is 3.33. The molecule has 31 heavy (non-hydrogen) atoms. The van der Waals surface area contributed by atoms with Crippen molar-refractivity contribution in [3.63, 3.8) is 0 Å². The molecule has 1 aromatic carbocycles. The van der Waals surface area contributed by atoms with Crippen molar-refractivity contribution in [1.82, 2.24) is 30.7 Å². The third kappa shape index (κ3) is 4.76. The molecule has 0 aliphatic heterocycles. The number of aromatic amines is 2. The molecular formula is C22H27N7O2. The van der Waals surface area contributed by atoms with Crippen molar-refractivity contribution in [2.24, 2.45) is 0 Å². The first-order valence-corrected chi connectivity index (χ1v) is 10.3. The van der Waals surface area contributed by atoms with Gasteiger partial charge in [-0.15, -0.1) is 10.2 Å². The lowest BCUT2D eigenvalue weighted by atomic mass is 10.0. The number of amides is 1. The second-order valence-corrected chi connectivity index (χ2v) is 8.38. The Labute approximate surface area is 180 Å². The van der Waals surface area contributed by atoms with Gasteiger partial charge in [0.25, 0.3) is 5.91 Å². The van der Waals surface area contributed by atoms with E-state index in [4.69, 9.17) is 4.74 Å². The lowest BCUT2D eigenvalue weighted by Gasteiger charge is -2.28. The lowest BCUT2D eigenvalue weighted by molar-refractivity contribution is -0.139. The molecule has 0 spiro atoms. The first-order valence-electron chi connectivity index (χ1n) is 10.3. The summed E-state index contributed by atoms with van der Waals surface area (Å²) in [5.41, 5.74) is 1.97. The summed E-state index contributed by atoms with van der Waals surface area (Å²) in [6, 6.07) is 5.97. The summed E-state index contributed by atoms with van der Waals surface area (Å²) < 4.78 is 5.98. The molecule has 162 valence electrons. The average molecular weight is 422 g/mol. The molecule has 0 radical (unpaired) electrons. The SMILES string of the molecule is CC(C)NC(=O)C(C)(C)OC1=CC=C(c2nnc(Nc3ccc4[nH]ncc4c3)[nH]2)CC1. The van der Waals surface area contributed by atoms with Gasteiger partial charge in [-0.05, 0) is 64.0 Å². The Morgan fingerprint density at radius 3 is 2.77 bits per heavy atom. The van der Waals surface area contributed by atoms with E-state index >= 15 is 0 Å². The Morgan fingerprint density at radius 1 is 1.19 bits per heavy atom. The summed E-state index contributed by atoms with van der Waals surface area (Å²) in [5, 5.41) is 22.6. The monoisotopic (exact) mass is 421 g/mol. The fourth-order valence-electron chi connectivity index (χ4n) is 3.33. The first kappa shape index (κ1) is 20.6. The van der Waals surface area contributed by atoms with Gasteiger partial charge in [0.2, 0.25) is 5.95 Å². The third-order valence-corrected chi connectivity index (χ3v) is 4.96. The van der Waals surface area contributed by atoms with Gasteiger partial charge in [0.1, 0.15) is 0 Å². The summed E-state index contributed by atoms with van der Waals surface area (Å²) >= 11 is 0. The van der Waals surface area contributed by atoms with Gasteiger partial charge in [-0.1, -0.05) is 6.08 Å². The molecule has 0 atom stereocenters. The van der Waals surface area contributed by atoms with Crippen LogP contribution in [0.25, 0.3) is 16.5 Å². The van der Waals surface area contributed by atoms with Gasteiger partial charge >= 0.3 is 0 Å². The number of hydrogen-bond donors (Lipinski definition) is 4. The van der Waals surface area contributed by atoms with Crippen molar-refractivity contribution < 1.29 is 9.53 Å². The van der Waals surface area contributed by atoms with Crippen molar-refractivity contribution in [2.45, 2.75) is 52.2 Å². The van der Waals surface area contributed by atoms with E-state index in [2.05, 4.69) is 36.0 Å². The summed E-state index contributed by atoms with van der Waals surface area (Å²) in [4.78, 5) is 15.5. The van der Waals surface area contributed by atoms with Crippen LogP contribution in [0, 0.1) is 0 Å². The van der Waals surface area contributed by atoms with Crippen molar-refractivity contribution in [2.75, 3.05) is 5.32 Å². The van der Waals surface area contributed by atoms with Gasteiger partial charge in [0.05, 0.1) is 17.5 Å². The lowest BCUT2D eigenvalue weighted by Crippen LogP contribution is -2.46. The van der Waals surface area contributed by atoms with Gasteiger partial charge in [0.15, 0.2) is 11.4 Å². The molecule has 2 aromatic heterocycles. The molecule has 3 aromatic rings. The van der Waals surface area contributed by atoms with Crippen LogP contribution in [0.2, 0.25) is 0 Å². The number of carbonyl (C=O) groups is 1. The molecule has 4 rings (SSSR count). The Morgan fingerprint density at radius 2 is 2.03 bits per heavy atom. The number of H-pyrrole nitrogens is 2. The Bertz CT molecular complexity index is 1150. The van der Waals surface area contributed by atoms with Crippen LogP contribution in [0.1, 0.15) is 46.4 Å². The largest absolute Gasteiger partial charge is 0.482 e. The molecule has 0 fully saturated rings. The molecule has 4 N–H and O–H groups in total. The quantitative estimate of drug-likeness (QED) is 0.460. The van der Waals surface area contributed by atoms with Gasteiger partial charge in [-0.3, -0.25) is 9.89 Å². The number of ether oxygens (including phenoxy) is 1. The second kappa shape index (κ2) is 8.25.